The summed E-state index contributed by atoms with van der Waals surface area (Å²) in [5.74, 6) is 0.224. The molecule has 1 fully saturated rings. The fourth-order valence-electron chi connectivity index (χ4n) is 1.70. The largest absolute Gasteiger partial charge is 0.465 e. The Morgan fingerprint density at radius 3 is 3.00 bits per heavy atom. The van der Waals surface area contributed by atoms with E-state index in [1.165, 1.54) is 11.8 Å². The second kappa shape index (κ2) is 5.34. The summed E-state index contributed by atoms with van der Waals surface area (Å²) in [5.41, 5.74) is 0.836. The summed E-state index contributed by atoms with van der Waals surface area (Å²) in [5, 5.41) is 8.08. The van der Waals surface area contributed by atoms with Crippen LogP contribution in [0, 0.1) is 0 Å². The van der Waals surface area contributed by atoms with Crippen LogP contribution in [-0.4, -0.2) is 28.0 Å². The molecule has 1 aromatic carbocycles. The summed E-state index contributed by atoms with van der Waals surface area (Å²) < 4.78 is 11.4. The smallest absolute Gasteiger partial charge is 0.319 e. The van der Waals surface area contributed by atoms with Crippen molar-refractivity contribution in [3.63, 3.8) is 0 Å². The van der Waals surface area contributed by atoms with Crippen molar-refractivity contribution in [2.24, 2.45) is 0 Å². The lowest BCUT2D eigenvalue weighted by molar-refractivity contribution is -0.137. The Bertz CT molecular complexity index is 617. The minimum atomic E-state index is -0.240. The molecule has 19 heavy (non-hydrogen) atoms. The Morgan fingerprint density at radius 1 is 1.37 bits per heavy atom. The number of thioether (sulfide) groups is 1. The van der Waals surface area contributed by atoms with E-state index in [9.17, 15) is 4.79 Å². The molecule has 0 amide bonds. The standard InChI is InChI=1S/C12H9BrN2O3S/c13-8-3-1-2-7(6-8)10-14-15-12(18-10)19-9-4-5-17-11(9)16/h1-3,6,9H,4-5H2/t9-/m1/s1. The van der Waals surface area contributed by atoms with E-state index in [1.54, 1.807) is 0 Å². The van der Waals surface area contributed by atoms with E-state index in [4.69, 9.17) is 9.15 Å². The highest BCUT2D eigenvalue weighted by atomic mass is 79.9. The summed E-state index contributed by atoms with van der Waals surface area (Å²) in [4.78, 5) is 11.4. The molecule has 0 radical (unpaired) electrons. The second-order valence-electron chi connectivity index (χ2n) is 3.95. The predicted octanol–water partition coefficient (Wildman–Crippen LogP) is 2.91. The Balaban J connectivity index is 1.78. The minimum Gasteiger partial charge on any atom is -0.465 e. The quantitative estimate of drug-likeness (QED) is 0.800. The van der Waals surface area contributed by atoms with Gasteiger partial charge in [0.05, 0.1) is 6.61 Å². The Hall–Kier alpha value is -1.34. The van der Waals surface area contributed by atoms with Gasteiger partial charge in [0, 0.05) is 16.5 Å². The van der Waals surface area contributed by atoms with E-state index >= 15 is 0 Å². The van der Waals surface area contributed by atoms with Crippen molar-refractivity contribution in [2.75, 3.05) is 6.61 Å². The van der Waals surface area contributed by atoms with Gasteiger partial charge in [-0.25, -0.2) is 0 Å². The van der Waals surface area contributed by atoms with Gasteiger partial charge in [0.25, 0.3) is 5.22 Å². The molecule has 0 N–H and O–H groups in total. The number of hydrogen-bond donors (Lipinski definition) is 0. The highest BCUT2D eigenvalue weighted by Crippen LogP contribution is 2.31. The third kappa shape index (κ3) is 2.82. The maximum Gasteiger partial charge on any atom is 0.319 e. The molecule has 0 spiro atoms. The highest BCUT2D eigenvalue weighted by molar-refractivity contribution is 9.10. The van der Waals surface area contributed by atoms with E-state index < -0.39 is 0 Å². The molecule has 1 atom stereocenters. The zero-order valence-corrected chi connectivity index (χ0v) is 12.1. The summed E-state index contributed by atoms with van der Waals surface area (Å²) in [6.07, 6.45) is 0.679. The fraction of sp³-hybridized carbons (Fsp3) is 0.250. The van der Waals surface area contributed by atoms with Gasteiger partial charge in [0.15, 0.2) is 0 Å². The first-order valence-corrected chi connectivity index (χ1v) is 7.32. The van der Waals surface area contributed by atoms with Crippen LogP contribution in [0.15, 0.2) is 38.4 Å². The third-order valence-electron chi connectivity index (χ3n) is 2.61. The first-order chi connectivity index (χ1) is 9.22. The number of cyclic esters (lactones) is 1. The van der Waals surface area contributed by atoms with Gasteiger partial charge in [0.1, 0.15) is 5.25 Å². The Kier molecular flexibility index (Phi) is 3.56. The van der Waals surface area contributed by atoms with Gasteiger partial charge < -0.3 is 9.15 Å². The number of benzene rings is 1. The van der Waals surface area contributed by atoms with Crippen LogP contribution in [0.3, 0.4) is 0 Å². The van der Waals surface area contributed by atoms with Crippen LogP contribution < -0.4 is 0 Å². The summed E-state index contributed by atoms with van der Waals surface area (Å²) in [6.45, 7) is 0.461. The molecule has 1 aliphatic rings. The number of ether oxygens (including phenoxy) is 1. The van der Waals surface area contributed by atoms with Crippen LogP contribution in [-0.2, 0) is 9.53 Å². The Labute approximate surface area is 121 Å². The lowest BCUT2D eigenvalue weighted by atomic mass is 10.2. The number of esters is 1. The molecule has 2 aromatic rings. The van der Waals surface area contributed by atoms with Crippen molar-refractivity contribution < 1.29 is 13.9 Å². The van der Waals surface area contributed by atoms with Crippen LogP contribution in [0.25, 0.3) is 11.5 Å². The molecule has 1 saturated heterocycles. The second-order valence-corrected chi connectivity index (χ2v) is 6.02. The van der Waals surface area contributed by atoms with Crippen LogP contribution in [0.2, 0.25) is 0 Å². The van der Waals surface area contributed by atoms with Gasteiger partial charge in [-0.2, -0.15) is 0 Å². The Morgan fingerprint density at radius 2 is 2.26 bits per heavy atom. The number of hydrogen-bond acceptors (Lipinski definition) is 6. The molecule has 5 nitrogen and oxygen atoms in total. The van der Waals surface area contributed by atoms with E-state index in [-0.39, 0.29) is 11.2 Å². The molecule has 1 aromatic heterocycles. The topological polar surface area (TPSA) is 65.2 Å². The first kappa shape index (κ1) is 12.7. The fourth-order valence-corrected chi connectivity index (χ4v) is 2.94. The minimum absolute atomic E-state index is 0.216. The lowest BCUT2D eigenvalue weighted by Crippen LogP contribution is -2.09. The van der Waals surface area contributed by atoms with Crippen LogP contribution in [0.5, 0.6) is 0 Å². The SMILES string of the molecule is O=C1OCC[C@H]1Sc1nnc(-c2cccc(Br)c2)o1. The highest BCUT2D eigenvalue weighted by Gasteiger charge is 2.29. The molecule has 2 heterocycles. The molecule has 0 aliphatic carbocycles. The summed E-state index contributed by atoms with van der Waals surface area (Å²) >= 11 is 4.64. The van der Waals surface area contributed by atoms with Crippen LogP contribution in [0.1, 0.15) is 6.42 Å². The maximum absolute atomic E-state index is 11.4. The molecule has 0 bridgehead atoms. The zero-order valence-electron chi connectivity index (χ0n) is 9.71. The van der Waals surface area contributed by atoms with E-state index in [1.807, 2.05) is 24.3 Å². The number of nitrogens with zero attached hydrogens (tertiary/aromatic N) is 2. The third-order valence-corrected chi connectivity index (χ3v) is 4.18. The van der Waals surface area contributed by atoms with Gasteiger partial charge in [-0.15, -0.1) is 10.2 Å². The van der Waals surface area contributed by atoms with Gasteiger partial charge in [-0.05, 0) is 30.0 Å². The van der Waals surface area contributed by atoms with E-state index in [0.717, 1.165) is 10.0 Å². The normalized spacial score (nSPS) is 18.6. The van der Waals surface area contributed by atoms with Gasteiger partial charge in [-0.3, -0.25) is 4.79 Å². The molecular formula is C12H9BrN2O3S. The monoisotopic (exact) mass is 340 g/mol. The number of halogens is 1. The first-order valence-electron chi connectivity index (χ1n) is 5.65. The number of rotatable bonds is 3. The molecular weight excluding hydrogens is 332 g/mol. The molecule has 98 valence electrons. The van der Waals surface area contributed by atoms with Crippen molar-refractivity contribution in [3.8, 4) is 11.5 Å². The van der Waals surface area contributed by atoms with Gasteiger partial charge >= 0.3 is 5.97 Å². The van der Waals surface area contributed by atoms with Crippen molar-refractivity contribution in [3.05, 3.63) is 28.7 Å². The molecule has 1 aliphatic heterocycles. The molecule has 0 unspecified atom stereocenters. The van der Waals surface area contributed by atoms with E-state index in [2.05, 4.69) is 26.1 Å². The average molecular weight is 341 g/mol. The van der Waals surface area contributed by atoms with Crippen molar-refractivity contribution in [1.82, 2.24) is 10.2 Å². The van der Waals surface area contributed by atoms with Crippen molar-refractivity contribution in [2.45, 2.75) is 16.9 Å². The van der Waals surface area contributed by atoms with Gasteiger partial charge in [0.2, 0.25) is 5.89 Å². The predicted molar refractivity (Wildman–Crippen MR) is 72.7 cm³/mol. The van der Waals surface area contributed by atoms with Crippen LogP contribution >= 0.6 is 27.7 Å². The number of carbonyl (C=O) groups excluding carboxylic acids is 1. The lowest BCUT2D eigenvalue weighted by Gasteiger charge is -1.99. The summed E-state index contributed by atoms with van der Waals surface area (Å²) in [6, 6.07) is 7.59. The zero-order chi connectivity index (χ0) is 13.2. The molecule has 0 saturated carbocycles. The number of carbonyl (C=O) groups is 1. The average Bonchev–Trinajstić information content (AvgIpc) is 3.00. The molecule has 7 heteroatoms. The van der Waals surface area contributed by atoms with Crippen molar-refractivity contribution in [1.29, 1.82) is 0 Å². The molecule has 3 rings (SSSR count). The maximum atomic E-state index is 11.4. The summed E-state index contributed by atoms with van der Waals surface area (Å²) in [7, 11) is 0. The number of aromatic nitrogens is 2. The van der Waals surface area contributed by atoms with E-state index in [0.29, 0.717) is 24.1 Å². The van der Waals surface area contributed by atoms with Crippen LogP contribution in [0.4, 0.5) is 0 Å². The van der Waals surface area contributed by atoms with Gasteiger partial charge in [-0.1, -0.05) is 22.0 Å². The van der Waals surface area contributed by atoms with Crippen molar-refractivity contribution >= 4 is 33.7 Å².